The molecule has 49 heavy (non-hydrogen) atoms. The molecule has 2 aromatic heterocycles. The predicted octanol–water partition coefficient (Wildman–Crippen LogP) is 9.98. The zero-order valence-corrected chi connectivity index (χ0v) is 29.7. The van der Waals surface area contributed by atoms with Gasteiger partial charge in [0.2, 0.25) is 0 Å². The largest absolute Gasteiger partial charge is 0.490 e. The molecule has 1 aliphatic carbocycles. The summed E-state index contributed by atoms with van der Waals surface area (Å²) in [5.74, 6) is 1.17. The highest BCUT2D eigenvalue weighted by atomic mass is 32.1. The molecule has 5 aromatic rings. The molecule has 0 atom stereocenters. The number of carbonyl (C=O) groups is 1. The molecule has 3 aromatic carbocycles. The van der Waals surface area contributed by atoms with Gasteiger partial charge in [0.05, 0.1) is 16.3 Å². The third-order valence-electron chi connectivity index (χ3n) is 9.37. The van der Waals surface area contributed by atoms with Crippen LogP contribution in [0.25, 0.3) is 27.0 Å². The molecule has 7 rings (SSSR count). The van der Waals surface area contributed by atoms with Gasteiger partial charge in [0.1, 0.15) is 17.2 Å². The van der Waals surface area contributed by atoms with Gasteiger partial charge in [-0.3, -0.25) is 0 Å². The van der Waals surface area contributed by atoms with Gasteiger partial charge >= 0.3 is 5.97 Å². The fourth-order valence-electron chi connectivity index (χ4n) is 6.90. The number of hydrogen-bond acceptors (Lipinski definition) is 8. The number of carbonyl (C=O) groups excluding carboxylic acids is 1. The molecule has 252 valence electrons. The first-order valence-electron chi connectivity index (χ1n) is 17.3. The molecule has 0 saturated heterocycles. The molecule has 0 unspecified atom stereocenters. The van der Waals surface area contributed by atoms with E-state index in [1.165, 1.54) is 30.4 Å². The Hall–Kier alpha value is -4.69. The van der Waals surface area contributed by atoms with Crippen LogP contribution < -0.4 is 15.0 Å². The van der Waals surface area contributed by atoms with Crippen molar-refractivity contribution < 1.29 is 14.3 Å². The Morgan fingerprint density at radius 3 is 2.53 bits per heavy atom. The highest BCUT2D eigenvalue weighted by molar-refractivity contribution is 7.22. The highest BCUT2D eigenvalue weighted by Crippen LogP contribution is 2.37. The molecule has 1 N–H and O–H groups in total. The van der Waals surface area contributed by atoms with E-state index in [0.29, 0.717) is 12.2 Å². The van der Waals surface area contributed by atoms with Crippen molar-refractivity contribution in [2.45, 2.75) is 84.5 Å². The number of pyridine rings is 1. The summed E-state index contributed by atoms with van der Waals surface area (Å²) in [6, 6.07) is 24.7. The third-order valence-corrected chi connectivity index (χ3v) is 10.3. The van der Waals surface area contributed by atoms with Crippen LogP contribution in [0, 0.1) is 6.92 Å². The number of nitrogens with zero attached hydrogens (tertiary/aromatic N) is 3. The van der Waals surface area contributed by atoms with Crippen LogP contribution in [-0.2, 0) is 17.7 Å². The van der Waals surface area contributed by atoms with Crippen molar-refractivity contribution in [3.8, 4) is 16.9 Å². The summed E-state index contributed by atoms with van der Waals surface area (Å²) in [5.41, 5.74) is 7.64. The number of nitrogens with one attached hydrogen (secondary N) is 1. The Labute approximate surface area is 293 Å². The first-order chi connectivity index (χ1) is 23.6. The topological polar surface area (TPSA) is 76.6 Å². The maximum atomic E-state index is 13.8. The second-order valence-electron chi connectivity index (χ2n) is 14.1. The van der Waals surface area contributed by atoms with Crippen molar-refractivity contribution >= 4 is 44.2 Å². The zero-order chi connectivity index (χ0) is 34.1. The Bertz CT molecular complexity index is 1990. The van der Waals surface area contributed by atoms with Gasteiger partial charge < -0.3 is 19.7 Å². The van der Waals surface area contributed by atoms with Gasteiger partial charge in [-0.1, -0.05) is 66.8 Å². The molecule has 3 heterocycles. The van der Waals surface area contributed by atoms with Crippen molar-refractivity contribution in [3.63, 3.8) is 0 Å². The summed E-state index contributed by atoms with van der Waals surface area (Å²) in [7, 11) is 0. The van der Waals surface area contributed by atoms with Crippen LogP contribution in [0.4, 0.5) is 10.9 Å². The summed E-state index contributed by atoms with van der Waals surface area (Å²) in [5, 5.41) is 4.29. The van der Waals surface area contributed by atoms with E-state index in [2.05, 4.69) is 48.0 Å². The second-order valence-corrected chi connectivity index (χ2v) is 15.1. The quantitative estimate of drug-likeness (QED) is 0.164. The van der Waals surface area contributed by atoms with Gasteiger partial charge in [-0.25, -0.2) is 14.8 Å². The van der Waals surface area contributed by atoms with Gasteiger partial charge in [0.25, 0.3) is 0 Å². The van der Waals surface area contributed by atoms with E-state index in [0.717, 1.165) is 80.7 Å². The summed E-state index contributed by atoms with van der Waals surface area (Å²) in [4.78, 5) is 25.9. The van der Waals surface area contributed by atoms with E-state index in [1.54, 1.807) is 11.3 Å². The number of thiazole rings is 1. The number of esters is 1. The lowest BCUT2D eigenvalue weighted by Gasteiger charge is -2.32. The van der Waals surface area contributed by atoms with Crippen molar-refractivity contribution in [1.29, 1.82) is 0 Å². The van der Waals surface area contributed by atoms with E-state index < -0.39 is 11.6 Å². The summed E-state index contributed by atoms with van der Waals surface area (Å²) in [6.45, 7) is 13.6. The highest BCUT2D eigenvalue weighted by Gasteiger charge is 2.27. The Balaban J connectivity index is 1.19. The number of ether oxygens (including phenoxy) is 2. The van der Waals surface area contributed by atoms with Crippen LogP contribution in [0.15, 0.2) is 79.4 Å². The van der Waals surface area contributed by atoms with Crippen LogP contribution >= 0.6 is 11.3 Å². The smallest absolute Gasteiger partial charge is 0.358 e. The molecule has 1 saturated carbocycles. The van der Waals surface area contributed by atoms with Gasteiger partial charge in [0.15, 0.2) is 10.8 Å². The molecule has 0 bridgehead atoms. The monoisotopic (exact) mass is 672 g/mol. The molecule has 0 amide bonds. The number of para-hydroxylation sites is 1. The minimum Gasteiger partial charge on any atom is -0.490 e. The molecule has 0 spiro atoms. The summed E-state index contributed by atoms with van der Waals surface area (Å²) >= 11 is 1.62. The van der Waals surface area contributed by atoms with Crippen LogP contribution in [0.3, 0.4) is 0 Å². The number of rotatable bonds is 8. The van der Waals surface area contributed by atoms with Crippen molar-refractivity contribution in [2.24, 2.45) is 0 Å². The lowest BCUT2D eigenvalue weighted by atomic mass is 9.93. The molecule has 2 aliphatic rings. The van der Waals surface area contributed by atoms with Crippen LogP contribution in [0.5, 0.6) is 5.75 Å². The Morgan fingerprint density at radius 2 is 1.73 bits per heavy atom. The first-order valence-corrected chi connectivity index (χ1v) is 18.1. The van der Waals surface area contributed by atoms with Gasteiger partial charge in [-0.15, -0.1) is 0 Å². The first kappa shape index (κ1) is 32.8. The van der Waals surface area contributed by atoms with Crippen molar-refractivity contribution in [1.82, 2.24) is 9.97 Å². The number of hydrogen-bond donors (Lipinski definition) is 1. The summed E-state index contributed by atoms with van der Waals surface area (Å²) < 4.78 is 13.6. The van der Waals surface area contributed by atoms with Gasteiger partial charge in [-0.2, -0.15) is 0 Å². The predicted molar refractivity (Wildman–Crippen MR) is 201 cm³/mol. The average molecular weight is 673 g/mol. The molecule has 0 radical (unpaired) electrons. The zero-order valence-electron chi connectivity index (χ0n) is 28.8. The SMILES string of the molecule is C=C(Nc1nc2ccccc2s1)c1cccc2c1CN(c1ccc(-c3cccc(OC4CCCCC4)c3C)c(C(=O)OC(C)(C)C)n1)CC2. The average Bonchev–Trinajstić information content (AvgIpc) is 3.50. The number of benzene rings is 3. The summed E-state index contributed by atoms with van der Waals surface area (Å²) in [6.07, 6.45) is 6.91. The van der Waals surface area contributed by atoms with Crippen LogP contribution in [0.2, 0.25) is 0 Å². The van der Waals surface area contributed by atoms with Crippen LogP contribution in [-0.4, -0.2) is 34.2 Å². The lowest BCUT2D eigenvalue weighted by molar-refractivity contribution is 0.00638. The number of anilines is 2. The van der Waals surface area contributed by atoms with Crippen molar-refractivity contribution in [2.75, 3.05) is 16.8 Å². The minimum absolute atomic E-state index is 0.230. The third kappa shape index (κ3) is 7.20. The van der Waals surface area contributed by atoms with E-state index in [-0.39, 0.29) is 6.10 Å². The molecule has 7 nitrogen and oxygen atoms in total. The van der Waals surface area contributed by atoms with Gasteiger partial charge in [0, 0.05) is 29.9 Å². The standard InChI is InChI=1S/C41H44N4O3S/c1-26-30(16-12-19-35(26)47-29-14-7-6-8-15-29)32-21-22-37(44-38(32)39(46)48-41(3,4)5)45-24-23-28-13-11-17-31(33(28)25-45)27(2)42-40-43-34-18-9-10-20-36(34)49-40/h9-13,16-22,29H,2,6-8,14-15,23-25H2,1,3-5H3,(H,42,43). The van der Waals surface area contributed by atoms with Crippen LogP contribution in [0.1, 0.15) is 85.6 Å². The van der Waals surface area contributed by atoms with E-state index in [4.69, 9.17) is 19.4 Å². The van der Waals surface area contributed by atoms with E-state index >= 15 is 0 Å². The van der Waals surface area contributed by atoms with E-state index in [1.807, 2.05) is 69.3 Å². The second kappa shape index (κ2) is 13.7. The lowest BCUT2D eigenvalue weighted by Crippen LogP contribution is -2.32. The Morgan fingerprint density at radius 1 is 0.939 bits per heavy atom. The molecule has 8 heteroatoms. The fraction of sp³-hybridized carbons (Fsp3) is 0.341. The normalized spacial score (nSPS) is 15.1. The molecular formula is C41H44N4O3S. The molecular weight excluding hydrogens is 629 g/mol. The maximum absolute atomic E-state index is 13.8. The van der Waals surface area contributed by atoms with Gasteiger partial charge in [-0.05, 0) is 112 Å². The maximum Gasteiger partial charge on any atom is 0.358 e. The molecule has 1 aliphatic heterocycles. The minimum atomic E-state index is -0.664. The Kier molecular flexibility index (Phi) is 9.16. The van der Waals surface area contributed by atoms with Crippen molar-refractivity contribution in [3.05, 3.63) is 107 Å². The van der Waals surface area contributed by atoms with E-state index in [9.17, 15) is 4.79 Å². The number of aromatic nitrogens is 2. The number of fused-ring (bicyclic) bond motifs is 2. The fourth-order valence-corrected chi connectivity index (χ4v) is 7.79. The molecule has 1 fully saturated rings.